The monoisotopic (exact) mass is 682 g/mol. The van der Waals surface area contributed by atoms with Crippen molar-refractivity contribution in [2.75, 3.05) is 38.7 Å². The molecule has 208 valence electrons. The Bertz CT molecular complexity index is 1760. The fraction of sp³-hybridized carbons (Fsp3) is 0.214. The Morgan fingerprint density at radius 2 is 2.05 bits per heavy atom. The minimum atomic E-state index is -0.451. The van der Waals surface area contributed by atoms with E-state index >= 15 is 0 Å². The van der Waals surface area contributed by atoms with Crippen LogP contribution in [-0.2, 0) is 11.3 Å². The highest BCUT2D eigenvalue weighted by molar-refractivity contribution is 14.2. The van der Waals surface area contributed by atoms with Gasteiger partial charge in [-0.1, -0.05) is 12.0 Å². The fourth-order valence-electron chi connectivity index (χ4n) is 4.57. The topological polar surface area (TPSA) is 117 Å². The second-order valence-electron chi connectivity index (χ2n) is 9.22. The summed E-state index contributed by atoms with van der Waals surface area (Å²) < 4.78 is 25.7. The van der Waals surface area contributed by atoms with Gasteiger partial charge < -0.3 is 19.8 Å². The summed E-state index contributed by atoms with van der Waals surface area (Å²) in [4.78, 5) is 19.5. The number of rotatable bonds is 7. The third-order valence-corrected chi connectivity index (χ3v) is 7.44. The van der Waals surface area contributed by atoms with Crippen molar-refractivity contribution in [3.63, 3.8) is 0 Å². The maximum atomic E-state index is 14.8. The molecule has 1 saturated heterocycles. The highest BCUT2D eigenvalue weighted by Crippen LogP contribution is 2.33. The van der Waals surface area contributed by atoms with Crippen molar-refractivity contribution >= 4 is 52.7 Å². The lowest BCUT2D eigenvalue weighted by molar-refractivity contribution is 0.0342. The normalized spacial score (nSPS) is 13.6. The summed E-state index contributed by atoms with van der Waals surface area (Å²) >= 11 is 2.09. The van der Waals surface area contributed by atoms with Crippen LogP contribution in [0.25, 0.3) is 33.9 Å². The Morgan fingerprint density at radius 1 is 1.17 bits per heavy atom. The minimum absolute atomic E-state index is 0.193. The average Bonchev–Trinajstić information content (AvgIpc) is 3.64. The lowest BCUT2D eigenvalue weighted by Gasteiger charge is -2.26. The van der Waals surface area contributed by atoms with Crippen molar-refractivity contribution in [2.24, 2.45) is 0 Å². The van der Waals surface area contributed by atoms with Gasteiger partial charge in [0.2, 0.25) is 0 Å². The van der Waals surface area contributed by atoms with E-state index in [0.29, 0.717) is 34.3 Å². The van der Waals surface area contributed by atoms with Crippen LogP contribution < -0.4 is 10.1 Å². The first kappa shape index (κ1) is 27.5. The Balaban J connectivity index is 1.29. The van der Waals surface area contributed by atoms with Crippen molar-refractivity contribution in [3.05, 3.63) is 65.7 Å². The molecule has 5 aromatic rings. The Hall–Kier alpha value is -3.71. The number of ether oxygens (including phenoxy) is 2. The van der Waals surface area contributed by atoms with Crippen LogP contribution in [0.5, 0.6) is 5.75 Å². The summed E-state index contributed by atoms with van der Waals surface area (Å²) in [5.74, 6) is 4.07. The van der Waals surface area contributed by atoms with Crippen LogP contribution in [0.1, 0.15) is 11.1 Å². The van der Waals surface area contributed by atoms with Crippen LogP contribution in [0.2, 0.25) is 0 Å². The number of hydrogen-bond acceptors (Lipinski definition) is 9. The zero-order valence-corrected chi connectivity index (χ0v) is 24.8. The number of imidazole rings is 1. The summed E-state index contributed by atoms with van der Waals surface area (Å²) in [5, 5.41) is 13.4. The Kier molecular flexibility index (Phi) is 8.33. The molecule has 2 aromatic carbocycles. The summed E-state index contributed by atoms with van der Waals surface area (Å²) in [7, 11) is 2.87. The SMILES string of the molecule is COc1cnc(-c2cc(C#CSI)ccc2F)nc1Nc1cn[nH]c1-c1nc2ccc(CN3CCOCC3)cc2[nH]1. The number of morpholine rings is 1. The summed E-state index contributed by atoms with van der Waals surface area (Å²) in [6.07, 6.45) is 3.13. The first-order chi connectivity index (χ1) is 20.1. The van der Waals surface area contributed by atoms with E-state index in [1.165, 1.54) is 33.9 Å². The molecule has 1 aliphatic rings. The summed E-state index contributed by atoms with van der Waals surface area (Å²) in [5.41, 5.74) is 5.11. The van der Waals surface area contributed by atoms with E-state index < -0.39 is 5.82 Å². The number of aromatic nitrogens is 6. The highest BCUT2D eigenvalue weighted by Gasteiger charge is 2.18. The van der Waals surface area contributed by atoms with Crippen molar-refractivity contribution in [1.29, 1.82) is 0 Å². The van der Waals surface area contributed by atoms with Gasteiger partial charge in [0.05, 0.1) is 55.0 Å². The van der Waals surface area contributed by atoms with Crippen LogP contribution in [0, 0.1) is 17.0 Å². The molecule has 10 nitrogen and oxygen atoms in total. The Labute approximate surface area is 251 Å². The molecule has 0 radical (unpaired) electrons. The second-order valence-corrected chi connectivity index (χ2v) is 10.9. The number of nitrogens with one attached hydrogen (secondary N) is 3. The lowest BCUT2D eigenvalue weighted by Crippen LogP contribution is -2.35. The van der Waals surface area contributed by atoms with Gasteiger partial charge >= 0.3 is 0 Å². The van der Waals surface area contributed by atoms with E-state index in [-0.39, 0.29) is 11.4 Å². The van der Waals surface area contributed by atoms with Gasteiger partial charge in [-0.15, -0.1) is 0 Å². The largest absolute Gasteiger partial charge is 0.491 e. The quantitative estimate of drug-likeness (QED) is 0.151. The lowest BCUT2D eigenvalue weighted by atomic mass is 10.1. The number of hydrogen-bond donors (Lipinski definition) is 3. The molecule has 3 aromatic heterocycles. The predicted molar refractivity (Wildman–Crippen MR) is 166 cm³/mol. The van der Waals surface area contributed by atoms with Gasteiger partial charge in [-0.3, -0.25) is 10.00 Å². The molecule has 1 aliphatic heterocycles. The van der Waals surface area contributed by atoms with E-state index in [4.69, 9.17) is 14.5 Å². The number of aromatic amines is 2. The van der Waals surface area contributed by atoms with Crippen LogP contribution in [0.15, 0.2) is 48.8 Å². The van der Waals surface area contributed by atoms with Gasteiger partial charge in [0.15, 0.2) is 23.2 Å². The zero-order valence-electron chi connectivity index (χ0n) is 21.9. The minimum Gasteiger partial charge on any atom is -0.491 e. The molecule has 13 heteroatoms. The number of anilines is 2. The first-order valence-corrected chi connectivity index (χ1v) is 16.1. The number of benzene rings is 2. The molecule has 6 rings (SSSR count). The fourth-order valence-corrected chi connectivity index (χ4v) is 5.06. The molecule has 0 bridgehead atoms. The van der Waals surface area contributed by atoms with E-state index in [1.54, 1.807) is 18.3 Å². The maximum Gasteiger partial charge on any atom is 0.179 e. The summed E-state index contributed by atoms with van der Waals surface area (Å²) in [6, 6.07) is 10.8. The van der Waals surface area contributed by atoms with E-state index in [2.05, 4.69) is 79.9 Å². The van der Waals surface area contributed by atoms with Crippen molar-refractivity contribution in [3.8, 4) is 39.8 Å². The van der Waals surface area contributed by atoms with Crippen molar-refractivity contribution in [2.45, 2.75) is 6.54 Å². The van der Waals surface area contributed by atoms with Crippen molar-refractivity contribution < 1.29 is 13.9 Å². The second kappa shape index (κ2) is 12.4. The zero-order chi connectivity index (χ0) is 28.2. The molecule has 3 N–H and O–H groups in total. The van der Waals surface area contributed by atoms with E-state index in [0.717, 1.165) is 43.9 Å². The molecule has 0 unspecified atom stereocenters. The maximum absolute atomic E-state index is 14.8. The molecule has 0 atom stereocenters. The first-order valence-electron chi connectivity index (χ1n) is 12.7. The number of halogens is 2. The standard InChI is InChI=1S/C28H24FIN8O2S/c1-39-24-15-31-26(19-12-17(6-11-41-30)2-4-20(19)29)36-27(24)35-23-14-32-37-25(23)28-33-21-5-3-18(13-22(21)34-28)16-38-7-9-40-10-8-38/h2-5,12-15H,7-10,16H2,1H3,(H,32,37)(H,33,34)(H,31,35,36). The highest BCUT2D eigenvalue weighted by atomic mass is 127. The third-order valence-electron chi connectivity index (χ3n) is 6.60. The number of H-pyrrole nitrogens is 2. The van der Waals surface area contributed by atoms with Gasteiger partial charge in [-0.25, -0.2) is 19.3 Å². The molecule has 0 spiro atoms. The smallest absolute Gasteiger partial charge is 0.179 e. The average molecular weight is 683 g/mol. The van der Waals surface area contributed by atoms with E-state index in [1.807, 2.05) is 6.07 Å². The predicted octanol–water partition coefficient (Wildman–Crippen LogP) is 5.53. The molecule has 41 heavy (non-hydrogen) atoms. The van der Waals surface area contributed by atoms with Gasteiger partial charge in [0, 0.05) is 46.4 Å². The van der Waals surface area contributed by atoms with Gasteiger partial charge in [-0.2, -0.15) is 5.10 Å². The van der Waals surface area contributed by atoms with Gasteiger partial charge in [0.25, 0.3) is 0 Å². The van der Waals surface area contributed by atoms with Crippen LogP contribution in [0.3, 0.4) is 0 Å². The molecular formula is C28H24FIN8O2S. The molecule has 0 amide bonds. The summed E-state index contributed by atoms with van der Waals surface area (Å²) in [6.45, 7) is 4.23. The molecule has 1 fully saturated rings. The van der Waals surface area contributed by atoms with Gasteiger partial charge in [0.1, 0.15) is 11.5 Å². The van der Waals surface area contributed by atoms with Crippen molar-refractivity contribution in [1.82, 2.24) is 35.0 Å². The Morgan fingerprint density at radius 3 is 2.88 bits per heavy atom. The van der Waals surface area contributed by atoms with E-state index in [9.17, 15) is 4.39 Å². The van der Waals surface area contributed by atoms with Crippen LogP contribution in [0.4, 0.5) is 15.9 Å². The third kappa shape index (κ3) is 6.15. The van der Waals surface area contributed by atoms with Crippen LogP contribution in [-0.4, -0.2) is 68.4 Å². The van der Waals surface area contributed by atoms with Gasteiger partial charge in [-0.05, 0) is 50.1 Å². The number of nitrogens with zero attached hydrogens (tertiary/aromatic N) is 5. The number of fused-ring (bicyclic) bond motifs is 1. The molecule has 0 saturated carbocycles. The number of methoxy groups -OCH3 is 1. The molecule has 4 heterocycles. The van der Waals surface area contributed by atoms with Crippen LogP contribution >= 0.6 is 30.1 Å². The molecular weight excluding hydrogens is 658 g/mol. The molecule has 0 aliphatic carbocycles.